The van der Waals surface area contributed by atoms with Gasteiger partial charge in [0, 0.05) is 36.3 Å². The summed E-state index contributed by atoms with van der Waals surface area (Å²) in [6.45, 7) is 5.00. The van der Waals surface area contributed by atoms with Crippen LogP contribution in [0.15, 0.2) is 72.9 Å². The van der Waals surface area contributed by atoms with Crippen LogP contribution in [0.2, 0.25) is 0 Å². The number of aromatic hydroxyl groups is 1. The normalized spacial score (nSPS) is 12.4. The van der Waals surface area contributed by atoms with Crippen LogP contribution in [0.25, 0.3) is 10.9 Å². The minimum absolute atomic E-state index is 0.0378. The van der Waals surface area contributed by atoms with Crippen LogP contribution < -0.4 is 15.8 Å². The van der Waals surface area contributed by atoms with Gasteiger partial charge in [-0.15, -0.1) is 0 Å². The highest BCUT2D eigenvalue weighted by Crippen LogP contribution is 2.22. The molecule has 0 fully saturated rings. The van der Waals surface area contributed by atoms with Crippen molar-refractivity contribution in [2.24, 2.45) is 5.73 Å². The lowest BCUT2D eigenvalue weighted by Crippen LogP contribution is -2.42. The van der Waals surface area contributed by atoms with E-state index in [0.29, 0.717) is 34.1 Å². The van der Waals surface area contributed by atoms with E-state index in [2.05, 4.69) is 31.8 Å². The number of hydrogen-bond acceptors (Lipinski definition) is 7. The van der Waals surface area contributed by atoms with E-state index in [1.807, 2.05) is 24.3 Å². The van der Waals surface area contributed by atoms with Gasteiger partial charge in [0.2, 0.25) is 10.0 Å². The fraction of sp³-hybridized carbons (Fsp3) is 0.258. The molecular formula is C31H33N5O4S. The Hall–Kier alpha value is -4.30. The number of pyridine rings is 2. The number of carbonyl (C=O) groups is 1. The Morgan fingerprint density at radius 1 is 1.05 bits per heavy atom. The summed E-state index contributed by atoms with van der Waals surface area (Å²) in [7, 11) is -3.66. The Morgan fingerprint density at radius 2 is 1.80 bits per heavy atom. The lowest BCUT2D eigenvalue weighted by atomic mass is 10.0. The minimum atomic E-state index is -3.66. The molecule has 212 valence electrons. The molecular weight excluding hydrogens is 538 g/mol. The molecule has 2 aromatic heterocycles. The largest absolute Gasteiger partial charge is 0.508 e. The fourth-order valence-electron chi connectivity index (χ4n) is 3.97. The van der Waals surface area contributed by atoms with Crippen molar-refractivity contribution in [3.8, 4) is 17.6 Å². The predicted octanol–water partition coefficient (Wildman–Crippen LogP) is 3.25. The number of phenols is 1. The third-order valence-corrected chi connectivity index (χ3v) is 8.56. The van der Waals surface area contributed by atoms with Gasteiger partial charge in [0.25, 0.3) is 5.91 Å². The number of nitrogens with zero attached hydrogens (tertiary/aromatic N) is 2. The fourth-order valence-corrected chi connectivity index (χ4v) is 4.75. The molecule has 0 bridgehead atoms. The first-order valence-corrected chi connectivity index (χ1v) is 14.6. The molecule has 10 heteroatoms. The van der Waals surface area contributed by atoms with E-state index < -0.39 is 20.7 Å². The Bertz CT molecular complexity index is 1710. The van der Waals surface area contributed by atoms with Gasteiger partial charge in [0.1, 0.15) is 17.1 Å². The highest BCUT2D eigenvalue weighted by molar-refractivity contribution is 7.90. The van der Waals surface area contributed by atoms with Crippen LogP contribution in [-0.4, -0.2) is 46.7 Å². The predicted molar refractivity (Wildman–Crippen MR) is 160 cm³/mol. The maximum absolute atomic E-state index is 13.3. The molecule has 0 spiro atoms. The van der Waals surface area contributed by atoms with E-state index in [1.165, 1.54) is 0 Å². The molecule has 4 aromatic rings. The number of fused-ring (bicyclic) bond motifs is 1. The highest BCUT2D eigenvalue weighted by Gasteiger charge is 2.28. The highest BCUT2D eigenvalue weighted by atomic mass is 32.2. The van der Waals surface area contributed by atoms with Crippen molar-refractivity contribution in [2.75, 3.05) is 6.54 Å². The van der Waals surface area contributed by atoms with Gasteiger partial charge in [0.05, 0.1) is 10.3 Å². The Kier molecular flexibility index (Phi) is 9.03. The van der Waals surface area contributed by atoms with Crippen LogP contribution in [0, 0.1) is 11.8 Å². The second-order valence-corrected chi connectivity index (χ2v) is 13.1. The number of nitrogens with one attached hydrogen (secondary N) is 2. The van der Waals surface area contributed by atoms with Gasteiger partial charge in [-0.3, -0.25) is 4.79 Å². The average molecular weight is 572 g/mol. The minimum Gasteiger partial charge on any atom is -0.508 e. The second kappa shape index (κ2) is 12.5. The van der Waals surface area contributed by atoms with Crippen molar-refractivity contribution < 1.29 is 18.3 Å². The summed E-state index contributed by atoms with van der Waals surface area (Å²) < 4.78 is 27.3. The van der Waals surface area contributed by atoms with Crippen molar-refractivity contribution in [3.05, 3.63) is 101 Å². The third kappa shape index (κ3) is 7.67. The number of amides is 1. The summed E-state index contributed by atoms with van der Waals surface area (Å²) in [5, 5.41) is 13.1. The molecule has 1 amide bonds. The summed E-state index contributed by atoms with van der Waals surface area (Å²) in [4.78, 5) is 22.1. The first-order valence-electron chi connectivity index (χ1n) is 13.1. The van der Waals surface area contributed by atoms with E-state index >= 15 is 0 Å². The first kappa shape index (κ1) is 29.7. The first-order chi connectivity index (χ1) is 19.4. The Balaban J connectivity index is 1.67. The van der Waals surface area contributed by atoms with Gasteiger partial charge in [-0.25, -0.2) is 23.1 Å². The zero-order chi connectivity index (χ0) is 29.6. The SMILES string of the molecule is CC(C)(C)S(=O)(=O)NCc1cc(C(=O)N[C@H](CN)Cc2ccc(O)cc2)nc2ccc(C#Cc3ccccn3)cc12. The van der Waals surface area contributed by atoms with Crippen molar-refractivity contribution in [1.82, 2.24) is 20.0 Å². The number of benzene rings is 2. The van der Waals surface area contributed by atoms with Crippen molar-refractivity contribution in [3.63, 3.8) is 0 Å². The molecule has 41 heavy (non-hydrogen) atoms. The van der Waals surface area contributed by atoms with Crippen molar-refractivity contribution in [2.45, 2.75) is 44.5 Å². The zero-order valence-electron chi connectivity index (χ0n) is 23.2. The van der Waals surface area contributed by atoms with Crippen molar-refractivity contribution >= 4 is 26.8 Å². The molecule has 2 heterocycles. The standard InChI is InChI=1S/C31H33N5O4S/c1-31(2,3)41(39,40)34-20-23-18-29(30(38)35-25(19-32)16-21-8-12-26(37)13-9-21)36-28-14-10-22(17-27(23)28)7-11-24-6-4-5-15-33-24/h4-6,8-10,12-15,17-18,25,34,37H,16,19-20,32H2,1-3H3,(H,35,38)/t25-/m0/s1. The number of carbonyl (C=O) groups excluding carboxylic acids is 1. The van der Waals surface area contributed by atoms with Crippen LogP contribution in [-0.2, 0) is 23.0 Å². The van der Waals surface area contributed by atoms with Crippen LogP contribution in [0.1, 0.15) is 53.6 Å². The average Bonchev–Trinajstić information content (AvgIpc) is 2.95. The van der Waals surface area contributed by atoms with Gasteiger partial charge >= 0.3 is 0 Å². The molecule has 0 aliphatic carbocycles. The van der Waals surface area contributed by atoms with Crippen LogP contribution in [0.4, 0.5) is 0 Å². The number of hydrogen-bond donors (Lipinski definition) is 4. The monoisotopic (exact) mass is 571 g/mol. The van der Waals surface area contributed by atoms with Crippen molar-refractivity contribution in [1.29, 1.82) is 0 Å². The van der Waals surface area contributed by atoms with E-state index in [-0.39, 0.29) is 30.6 Å². The van der Waals surface area contributed by atoms with Gasteiger partial charge in [-0.2, -0.15) is 0 Å². The van der Waals surface area contributed by atoms with Gasteiger partial charge in [-0.1, -0.05) is 24.1 Å². The number of aromatic nitrogens is 2. The van der Waals surface area contributed by atoms with E-state index in [0.717, 1.165) is 5.56 Å². The lowest BCUT2D eigenvalue weighted by molar-refractivity contribution is 0.0933. The summed E-state index contributed by atoms with van der Waals surface area (Å²) in [5.41, 5.74) is 9.40. The molecule has 0 saturated carbocycles. The maximum Gasteiger partial charge on any atom is 0.270 e. The molecule has 0 aliphatic heterocycles. The Morgan fingerprint density at radius 3 is 2.46 bits per heavy atom. The maximum atomic E-state index is 13.3. The van der Waals surface area contributed by atoms with Crippen LogP contribution >= 0.6 is 0 Å². The van der Waals surface area contributed by atoms with Crippen LogP contribution in [0.5, 0.6) is 5.75 Å². The number of sulfonamides is 1. The summed E-state index contributed by atoms with van der Waals surface area (Å²) in [5.74, 6) is 5.83. The second-order valence-electron chi connectivity index (χ2n) is 10.6. The molecule has 5 N–H and O–H groups in total. The topological polar surface area (TPSA) is 147 Å². The molecule has 1 atom stereocenters. The number of phenolic OH excluding ortho intramolecular Hbond substituents is 1. The lowest BCUT2D eigenvalue weighted by Gasteiger charge is -2.20. The van der Waals surface area contributed by atoms with Gasteiger partial charge < -0.3 is 16.2 Å². The molecule has 0 unspecified atom stereocenters. The van der Waals surface area contributed by atoms with E-state index in [1.54, 1.807) is 69.4 Å². The van der Waals surface area contributed by atoms with E-state index in [9.17, 15) is 18.3 Å². The van der Waals surface area contributed by atoms with Crippen LogP contribution in [0.3, 0.4) is 0 Å². The molecule has 9 nitrogen and oxygen atoms in total. The smallest absolute Gasteiger partial charge is 0.270 e. The molecule has 0 saturated heterocycles. The molecule has 0 aliphatic rings. The summed E-state index contributed by atoms with van der Waals surface area (Å²) in [6.07, 6.45) is 2.13. The number of rotatable bonds is 8. The number of nitrogens with two attached hydrogens (primary N) is 1. The molecule has 2 aromatic carbocycles. The van der Waals surface area contributed by atoms with Gasteiger partial charge in [-0.05, 0) is 92.8 Å². The van der Waals surface area contributed by atoms with Gasteiger partial charge in [0.15, 0.2) is 0 Å². The van der Waals surface area contributed by atoms with E-state index in [4.69, 9.17) is 5.73 Å². The summed E-state index contributed by atoms with van der Waals surface area (Å²) in [6, 6.07) is 18.8. The quantitative estimate of drug-likeness (QED) is 0.237. The Labute approximate surface area is 240 Å². The molecule has 0 radical (unpaired) electrons. The third-order valence-electron chi connectivity index (χ3n) is 6.42. The zero-order valence-corrected chi connectivity index (χ0v) is 24.0. The summed E-state index contributed by atoms with van der Waals surface area (Å²) >= 11 is 0. The molecule has 4 rings (SSSR count).